The Kier molecular flexibility index (Phi) is 2.75. The molecule has 0 N–H and O–H groups in total. The molecule has 3 heteroatoms. The zero-order valence-electron chi connectivity index (χ0n) is 12.4. The van der Waals surface area contributed by atoms with E-state index < -0.39 is 0 Å². The Hall–Kier alpha value is -1.22. The lowest BCUT2D eigenvalue weighted by atomic mass is 9.71. The Labute approximate surface area is 120 Å². The first-order valence-electron chi connectivity index (χ1n) is 7.84. The van der Waals surface area contributed by atoms with Crippen LogP contribution in [-0.4, -0.2) is 42.6 Å². The SMILES string of the molecule is CC(=O)C1CC2=C(CN1C)C1=C3C(=NCC3C2)CCC1. The largest absolute Gasteiger partial charge is 0.298 e. The van der Waals surface area contributed by atoms with Gasteiger partial charge in [-0.2, -0.15) is 0 Å². The normalized spacial score (nSPS) is 33.0. The highest BCUT2D eigenvalue weighted by Crippen LogP contribution is 2.46. The zero-order valence-corrected chi connectivity index (χ0v) is 12.4. The number of carbonyl (C=O) groups is 1. The monoisotopic (exact) mass is 270 g/mol. The summed E-state index contributed by atoms with van der Waals surface area (Å²) in [7, 11) is 2.10. The second-order valence-electron chi connectivity index (χ2n) is 6.76. The van der Waals surface area contributed by atoms with Gasteiger partial charge in [0.25, 0.3) is 0 Å². The maximum Gasteiger partial charge on any atom is 0.147 e. The number of hydrogen-bond donors (Lipinski definition) is 0. The van der Waals surface area contributed by atoms with E-state index in [1.807, 2.05) is 0 Å². The Morgan fingerprint density at radius 1 is 1.25 bits per heavy atom. The minimum Gasteiger partial charge on any atom is -0.298 e. The summed E-state index contributed by atoms with van der Waals surface area (Å²) in [6.07, 6.45) is 5.76. The minimum atomic E-state index is 0.0984. The second-order valence-corrected chi connectivity index (χ2v) is 6.76. The van der Waals surface area contributed by atoms with Crippen molar-refractivity contribution in [2.24, 2.45) is 10.9 Å². The van der Waals surface area contributed by atoms with E-state index in [1.165, 1.54) is 25.0 Å². The summed E-state index contributed by atoms with van der Waals surface area (Å²) in [6.45, 7) is 3.68. The van der Waals surface area contributed by atoms with Crippen LogP contribution < -0.4 is 0 Å². The van der Waals surface area contributed by atoms with Crippen molar-refractivity contribution in [3.8, 4) is 0 Å². The summed E-state index contributed by atoms with van der Waals surface area (Å²) >= 11 is 0. The fourth-order valence-corrected chi connectivity index (χ4v) is 4.56. The number of fused-ring (bicyclic) bond motifs is 1. The summed E-state index contributed by atoms with van der Waals surface area (Å²) < 4.78 is 0. The van der Waals surface area contributed by atoms with E-state index in [0.717, 1.165) is 25.9 Å². The van der Waals surface area contributed by atoms with Crippen LogP contribution in [0.1, 0.15) is 39.0 Å². The lowest BCUT2D eigenvalue weighted by Crippen LogP contribution is -2.44. The number of Topliss-reactive ketones (excluding diaryl/α,β-unsaturated/α-hetero) is 1. The number of carbonyl (C=O) groups excluding carboxylic acids is 1. The van der Waals surface area contributed by atoms with Gasteiger partial charge in [-0.1, -0.05) is 5.57 Å². The molecule has 0 aromatic heterocycles. The first-order chi connectivity index (χ1) is 9.65. The first kappa shape index (κ1) is 12.5. The lowest BCUT2D eigenvalue weighted by molar-refractivity contribution is -0.121. The highest BCUT2D eigenvalue weighted by molar-refractivity contribution is 6.04. The standard InChI is InChI=1S/C17H22N2O/c1-10(20)16-7-11-6-12-8-18-15-5-3-4-13(17(12)15)14(11)9-19(16)2/h12,16H,3-9H2,1-2H3. The molecule has 0 aromatic rings. The topological polar surface area (TPSA) is 32.7 Å². The number of aliphatic imine (C=N–C) groups is 1. The van der Waals surface area contributed by atoms with Gasteiger partial charge in [0.05, 0.1) is 6.04 Å². The van der Waals surface area contributed by atoms with Gasteiger partial charge in [0.15, 0.2) is 0 Å². The van der Waals surface area contributed by atoms with E-state index in [9.17, 15) is 4.79 Å². The Bertz CT molecular complexity index is 582. The van der Waals surface area contributed by atoms with Crippen molar-refractivity contribution in [1.29, 1.82) is 0 Å². The average Bonchev–Trinajstić information content (AvgIpc) is 2.84. The van der Waals surface area contributed by atoms with Crippen molar-refractivity contribution < 1.29 is 4.79 Å². The number of hydrogen-bond acceptors (Lipinski definition) is 3. The molecule has 0 bridgehead atoms. The summed E-state index contributed by atoms with van der Waals surface area (Å²) in [4.78, 5) is 18.9. The summed E-state index contributed by atoms with van der Waals surface area (Å²) in [5, 5.41) is 0. The highest BCUT2D eigenvalue weighted by Gasteiger charge is 2.40. The minimum absolute atomic E-state index is 0.0984. The summed E-state index contributed by atoms with van der Waals surface area (Å²) in [5.74, 6) is 0.945. The van der Waals surface area contributed by atoms with Crippen LogP contribution in [0.4, 0.5) is 0 Å². The molecule has 0 fully saturated rings. The second kappa shape index (κ2) is 4.39. The molecule has 2 aliphatic heterocycles. The molecule has 20 heavy (non-hydrogen) atoms. The predicted molar refractivity (Wildman–Crippen MR) is 80.0 cm³/mol. The molecule has 4 aliphatic rings. The molecule has 106 valence electrons. The van der Waals surface area contributed by atoms with Gasteiger partial charge in [0.2, 0.25) is 0 Å². The molecule has 2 heterocycles. The van der Waals surface area contributed by atoms with E-state index >= 15 is 0 Å². The van der Waals surface area contributed by atoms with Crippen LogP contribution in [0.25, 0.3) is 0 Å². The van der Waals surface area contributed by atoms with Crippen molar-refractivity contribution in [2.45, 2.75) is 45.1 Å². The molecule has 2 unspecified atom stereocenters. The van der Waals surface area contributed by atoms with Crippen molar-refractivity contribution in [3.63, 3.8) is 0 Å². The van der Waals surface area contributed by atoms with Crippen molar-refractivity contribution >= 4 is 11.5 Å². The Morgan fingerprint density at radius 3 is 2.90 bits per heavy atom. The summed E-state index contributed by atoms with van der Waals surface area (Å²) in [6, 6.07) is 0.0984. The van der Waals surface area contributed by atoms with Crippen LogP contribution in [0.15, 0.2) is 27.3 Å². The molecule has 2 atom stereocenters. The third-order valence-corrected chi connectivity index (χ3v) is 5.52. The maximum atomic E-state index is 11.8. The number of nitrogens with zero attached hydrogens (tertiary/aromatic N) is 2. The molecule has 2 aliphatic carbocycles. The fourth-order valence-electron chi connectivity index (χ4n) is 4.56. The molecule has 0 saturated heterocycles. The van der Waals surface area contributed by atoms with Crippen LogP contribution in [0, 0.1) is 5.92 Å². The van der Waals surface area contributed by atoms with E-state index in [1.54, 1.807) is 29.2 Å². The first-order valence-corrected chi connectivity index (χ1v) is 7.84. The average molecular weight is 270 g/mol. The van der Waals surface area contributed by atoms with Gasteiger partial charge in [-0.25, -0.2) is 0 Å². The van der Waals surface area contributed by atoms with E-state index in [2.05, 4.69) is 11.9 Å². The maximum absolute atomic E-state index is 11.8. The van der Waals surface area contributed by atoms with Crippen LogP contribution in [0.5, 0.6) is 0 Å². The van der Waals surface area contributed by atoms with Crippen molar-refractivity contribution in [3.05, 3.63) is 22.3 Å². The van der Waals surface area contributed by atoms with E-state index in [0.29, 0.717) is 11.7 Å². The van der Waals surface area contributed by atoms with Gasteiger partial charge >= 0.3 is 0 Å². The molecule has 3 nitrogen and oxygen atoms in total. The molecule has 0 radical (unpaired) electrons. The van der Waals surface area contributed by atoms with E-state index in [-0.39, 0.29) is 6.04 Å². The van der Waals surface area contributed by atoms with Crippen LogP contribution in [0.2, 0.25) is 0 Å². The van der Waals surface area contributed by atoms with Gasteiger partial charge < -0.3 is 0 Å². The molecule has 0 spiro atoms. The lowest BCUT2D eigenvalue weighted by Gasteiger charge is -2.40. The third kappa shape index (κ3) is 1.69. The summed E-state index contributed by atoms with van der Waals surface area (Å²) in [5.41, 5.74) is 7.73. The Balaban J connectivity index is 1.77. The zero-order chi connectivity index (χ0) is 13.9. The molecule has 4 rings (SSSR count). The molecule has 0 aromatic carbocycles. The van der Waals surface area contributed by atoms with Gasteiger partial charge in [-0.05, 0) is 62.8 Å². The molecular weight excluding hydrogens is 248 g/mol. The fraction of sp³-hybridized carbons (Fsp3) is 0.647. The Morgan fingerprint density at radius 2 is 2.10 bits per heavy atom. The quantitative estimate of drug-likeness (QED) is 0.733. The molecule has 0 amide bonds. The van der Waals surface area contributed by atoms with Crippen molar-refractivity contribution in [2.75, 3.05) is 20.1 Å². The van der Waals surface area contributed by atoms with Gasteiger partial charge in [-0.3, -0.25) is 14.7 Å². The van der Waals surface area contributed by atoms with Crippen LogP contribution >= 0.6 is 0 Å². The van der Waals surface area contributed by atoms with E-state index in [4.69, 9.17) is 4.99 Å². The van der Waals surface area contributed by atoms with Gasteiger partial charge in [-0.15, -0.1) is 0 Å². The molecular formula is C17H22N2O. The highest BCUT2D eigenvalue weighted by atomic mass is 16.1. The number of ketones is 1. The third-order valence-electron chi connectivity index (χ3n) is 5.52. The number of likely N-dealkylation sites (N-methyl/N-ethyl adjacent to an activating group) is 1. The molecule has 0 saturated carbocycles. The number of rotatable bonds is 1. The van der Waals surface area contributed by atoms with Gasteiger partial charge in [0, 0.05) is 24.7 Å². The van der Waals surface area contributed by atoms with Gasteiger partial charge in [0.1, 0.15) is 5.78 Å². The van der Waals surface area contributed by atoms with Crippen LogP contribution in [0.3, 0.4) is 0 Å². The predicted octanol–water partition coefficient (Wildman–Crippen LogP) is 2.53. The smallest absolute Gasteiger partial charge is 0.147 e. The van der Waals surface area contributed by atoms with Crippen LogP contribution in [-0.2, 0) is 4.79 Å². The van der Waals surface area contributed by atoms with Crippen molar-refractivity contribution in [1.82, 2.24) is 4.90 Å².